The Morgan fingerprint density at radius 1 is 1.13 bits per heavy atom. The highest BCUT2D eigenvalue weighted by Crippen LogP contribution is 2.38. The number of benzene rings is 1. The number of rotatable bonds is 5. The monoisotopic (exact) mass is 394 g/mol. The largest absolute Gasteiger partial charge is 0.383 e. The lowest BCUT2D eigenvalue weighted by molar-refractivity contribution is 0.692. The van der Waals surface area contributed by atoms with Crippen LogP contribution in [0.5, 0.6) is 0 Å². The van der Waals surface area contributed by atoms with Gasteiger partial charge < -0.3 is 10.3 Å². The van der Waals surface area contributed by atoms with Gasteiger partial charge in [-0.15, -0.1) is 0 Å². The minimum Gasteiger partial charge on any atom is -0.383 e. The molecule has 4 aromatic rings. The van der Waals surface area contributed by atoms with Crippen LogP contribution in [0.4, 0.5) is 5.82 Å². The van der Waals surface area contributed by atoms with Crippen molar-refractivity contribution >= 4 is 28.5 Å². The van der Waals surface area contributed by atoms with Crippen LogP contribution in [0.1, 0.15) is 30.2 Å². The SMILES string of the molecule is CCCn1c(/C=C(\C#N)c2ccncc2)c(-c2ccc(C)cc2)c2c(N)ncnc21. The van der Waals surface area contributed by atoms with E-state index in [1.54, 1.807) is 12.4 Å². The Morgan fingerprint density at radius 3 is 2.53 bits per heavy atom. The fraction of sp³-hybridized carbons (Fsp3) is 0.167. The van der Waals surface area contributed by atoms with Gasteiger partial charge in [-0.25, -0.2) is 9.97 Å². The highest BCUT2D eigenvalue weighted by atomic mass is 15.1. The number of nitrogens with zero attached hydrogens (tertiary/aromatic N) is 5. The summed E-state index contributed by atoms with van der Waals surface area (Å²) in [5, 5.41) is 10.7. The molecule has 2 N–H and O–H groups in total. The predicted octanol–water partition coefficient (Wildman–Crippen LogP) is 4.86. The van der Waals surface area contributed by atoms with E-state index < -0.39 is 0 Å². The lowest BCUT2D eigenvalue weighted by atomic mass is 9.99. The molecule has 0 radical (unpaired) electrons. The van der Waals surface area contributed by atoms with E-state index in [1.807, 2.05) is 18.2 Å². The number of nitrogens with two attached hydrogens (primary N) is 1. The molecule has 0 aliphatic rings. The molecule has 0 bridgehead atoms. The van der Waals surface area contributed by atoms with Gasteiger partial charge in [-0.3, -0.25) is 4.98 Å². The van der Waals surface area contributed by atoms with Gasteiger partial charge in [-0.2, -0.15) is 5.26 Å². The Kier molecular flexibility index (Phi) is 5.27. The highest BCUT2D eigenvalue weighted by Gasteiger charge is 2.21. The third-order valence-corrected chi connectivity index (χ3v) is 5.09. The van der Waals surface area contributed by atoms with E-state index in [9.17, 15) is 5.26 Å². The van der Waals surface area contributed by atoms with Crippen molar-refractivity contribution in [2.75, 3.05) is 5.73 Å². The summed E-state index contributed by atoms with van der Waals surface area (Å²) in [6.45, 7) is 4.92. The molecule has 4 rings (SSSR count). The Balaban J connectivity index is 2.09. The van der Waals surface area contributed by atoms with E-state index in [4.69, 9.17) is 5.73 Å². The van der Waals surface area contributed by atoms with E-state index in [2.05, 4.69) is 63.7 Å². The predicted molar refractivity (Wildman–Crippen MR) is 120 cm³/mol. The van der Waals surface area contributed by atoms with Gasteiger partial charge in [-0.05, 0) is 42.7 Å². The lowest BCUT2D eigenvalue weighted by Gasteiger charge is -2.09. The topological polar surface area (TPSA) is 93.4 Å². The number of nitriles is 1. The molecule has 3 aromatic heterocycles. The summed E-state index contributed by atoms with van der Waals surface area (Å²) in [6, 6.07) is 14.3. The maximum atomic E-state index is 9.89. The first-order valence-electron chi connectivity index (χ1n) is 9.86. The Bertz CT molecular complexity index is 1260. The number of aryl methyl sites for hydroxylation is 2. The van der Waals surface area contributed by atoms with Gasteiger partial charge in [0.25, 0.3) is 0 Å². The second-order valence-corrected chi connectivity index (χ2v) is 7.14. The van der Waals surface area contributed by atoms with Gasteiger partial charge in [0, 0.05) is 24.5 Å². The van der Waals surface area contributed by atoms with Crippen molar-refractivity contribution in [1.29, 1.82) is 5.26 Å². The van der Waals surface area contributed by atoms with Crippen LogP contribution in [0.15, 0.2) is 55.1 Å². The number of anilines is 1. The molecule has 0 fully saturated rings. The van der Waals surface area contributed by atoms with Crippen molar-refractivity contribution in [1.82, 2.24) is 19.5 Å². The molecule has 0 aliphatic heterocycles. The molecule has 3 heterocycles. The molecule has 0 saturated heterocycles. The van der Waals surface area contributed by atoms with Crippen LogP contribution in [0, 0.1) is 18.3 Å². The minimum atomic E-state index is 0.433. The number of hydrogen-bond donors (Lipinski definition) is 1. The first-order valence-corrected chi connectivity index (χ1v) is 9.86. The number of nitrogen functional groups attached to an aromatic ring is 1. The smallest absolute Gasteiger partial charge is 0.146 e. The second-order valence-electron chi connectivity index (χ2n) is 7.14. The second kappa shape index (κ2) is 8.18. The normalized spacial score (nSPS) is 11.6. The van der Waals surface area contributed by atoms with Gasteiger partial charge in [0.2, 0.25) is 0 Å². The third-order valence-electron chi connectivity index (χ3n) is 5.09. The maximum absolute atomic E-state index is 9.89. The molecular formula is C24H22N6. The van der Waals surface area contributed by atoms with Gasteiger partial charge >= 0.3 is 0 Å². The zero-order chi connectivity index (χ0) is 21.1. The standard InChI is InChI=1S/C24H22N6/c1-3-12-30-20(13-19(14-25)17-8-10-27-11-9-17)21(18-6-4-16(2)5-7-18)22-23(26)28-15-29-24(22)30/h4-11,13,15H,3,12H2,1-2H3,(H2,26,28,29)/b19-13+. The van der Waals surface area contributed by atoms with E-state index in [0.717, 1.165) is 46.4 Å². The van der Waals surface area contributed by atoms with Crippen LogP contribution in [0.3, 0.4) is 0 Å². The number of allylic oxidation sites excluding steroid dienone is 1. The van der Waals surface area contributed by atoms with Gasteiger partial charge in [0.15, 0.2) is 0 Å². The van der Waals surface area contributed by atoms with Gasteiger partial charge in [0.1, 0.15) is 17.8 Å². The molecule has 0 amide bonds. The highest BCUT2D eigenvalue weighted by molar-refractivity contribution is 6.06. The molecule has 1 aromatic carbocycles. The summed E-state index contributed by atoms with van der Waals surface area (Å²) in [4.78, 5) is 12.8. The van der Waals surface area contributed by atoms with Crippen LogP contribution in [-0.4, -0.2) is 19.5 Å². The summed E-state index contributed by atoms with van der Waals surface area (Å²) in [6.07, 6.45) is 7.70. The first kappa shape index (κ1) is 19.3. The van der Waals surface area contributed by atoms with E-state index in [1.165, 1.54) is 11.9 Å². The molecule has 30 heavy (non-hydrogen) atoms. The number of fused-ring (bicyclic) bond motifs is 1. The Hall–Kier alpha value is -3.98. The quantitative estimate of drug-likeness (QED) is 0.488. The molecule has 0 aliphatic carbocycles. The van der Waals surface area contributed by atoms with Crippen molar-refractivity contribution in [3.05, 3.63) is 71.9 Å². The minimum absolute atomic E-state index is 0.433. The van der Waals surface area contributed by atoms with Crippen molar-refractivity contribution in [2.45, 2.75) is 26.8 Å². The number of aromatic nitrogens is 4. The zero-order valence-corrected chi connectivity index (χ0v) is 17.0. The average molecular weight is 394 g/mol. The number of pyridine rings is 1. The fourth-order valence-electron chi connectivity index (χ4n) is 3.67. The fourth-order valence-corrected chi connectivity index (χ4v) is 3.67. The number of hydrogen-bond acceptors (Lipinski definition) is 5. The molecule has 6 heteroatoms. The van der Waals surface area contributed by atoms with Gasteiger partial charge in [-0.1, -0.05) is 36.8 Å². The summed E-state index contributed by atoms with van der Waals surface area (Å²) in [5.74, 6) is 0.433. The first-order chi connectivity index (χ1) is 14.6. The Labute approximate surface area is 175 Å². The van der Waals surface area contributed by atoms with Crippen LogP contribution >= 0.6 is 0 Å². The molecule has 0 spiro atoms. The van der Waals surface area contributed by atoms with Crippen LogP contribution in [0.25, 0.3) is 33.8 Å². The summed E-state index contributed by atoms with van der Waals surface area (Å²) in [7, 11) is 0. The molecule has 0 saturated carbocycles. The van der Waals surface area contributed by atoms with Gasteiger partial charge in [0.05, 0.1) is 22.7 Å². The van der Waals surface area contributed by atoms with E-state index in [-0.39, 0.29) is 0 Å². The average Bonchev–Trinajstić information content (AvgIpc) is 3.08. The molecule has 6 nitrogen and oxygen atoms in total. The molecule has 0 unspecified atom stereocenters. The molecular weight excluding hydrogens is 372 g/mol. The van der Waals surface area contributed by atoms with Crippen molar-refractivity contribution < 1.29 is 0 Å². The Morgan fingerprint density at radius 2 is 1.87 bits per heavy atom. The van der Waals surface area contributed by atoms with Crippen molar-refractivity contribution in [3.8, 4) is 17.2 Å². The molecule has 148 valence electrons. The molecule has 0 atom stereocenters. The summed E-state index contributed by atoms with van der Waals surface area (Å²) < 4.78 is 2.13. The van der Waals surface area contributed by atoms with Crippen LogP contribution in [-0.2, 0) is 6.54 Å². The van der Waals surface area contributed by atoms with Crippen molar-refractivity contribution in [2.24, 2.45) is 0 Å². The van der Waals surface area contributed by atoms with E-state index >= 15 is 0 Å². The van der Waals surface area contributed by atoms with E-state index in [0.29, 0.717) is 11.4 Å². The third kappa shape index (κ3) is 3.42. The van der Waals surface area contributed by atoms with Crippen LogP contribution < -0.4 is 5.73 Å². The van der Waals surface area contributed by atoms with Crippen molar-refractivity contribution in [3.63, 3.8) is 0 Å². The van der Waals surface area contributed by atoms with Crippen LogP contribution in [0.2, 0.25) is 0 Å². The zero-order valence-electron chi connectivity index (χ0n) is 17.0. The summed E-state index contributed by atoms with van der Waals surface area (Å²) >= 11 is 0. The lowest BCUT2D eigenvalue weighted by Crippen LogP contribution is -2.01. The maximum Gasteiger partial charge on any atom is 0.146 e. The summed E-state index contributed by atoms with van der Waals surface area (Å²) in [5.41, 5.74) is 12.5.